The van der Waals surface area contributed by atoms with Crippen LogP contribution in [0.2, 0.25) is 0 Å². The molecule has 3 aliphatic carbocycles. The van der Waals surface area contributed by atoms with Gasteiger partial charge in [-0.3, -0.25) is 19.3 Å². The summed E-state index contributed by atoms with van der Waals surface area (Å²) in [5.41, 5.74) is 3.44. The smallest absolute Gasteiger partial charge is 0.255 e. The van der Waals surface area contributed by atoms with E-state index < -0.39 is 69.7 Å². The largest absolute Gasteiger partial charge is 0.508 e. The van der Waals surface area contributed by atoms with Gasteiger partial charge < -0.3 is 36.2 Å². The van der Waals surface area contributed by atoms with E-state index in [-0.39, 0.29) is 11.3 Å². The summed E-state index contributed by atoms with van der Waals surface area (Å²) in [4.78, 5) is 42.9. The second kappa shape index (κ2) is 11.4. The van der Waals surface area contributed by atoms with Gasteiger partial charge >= 0.3 is 0 Å². The second-order valence-corrected chi connectivity index (χ2v) is 12.2. The minimum Gasteiger partial charge on any atom is -0.508 e. The minimum atomic E-state index is -2.97. The number of Topliss-reactive ketones (excluding diaryl/α,β-unsaturated/α-hetero) is 2. The predicted octanol–water partition coefficient (Wildman–Crippen LogP) is 2.15. The number of aliphatic hydroxyl groups is 4. The van der Waals surface area contributed by atoms with Crippen molar-refractivity contribution in [3.63, 3.8) is 0 Å². The molecule has 0 saturated heterocycles. The number of primary amides is 1. The summed E-state index contributed by atoms with van der Waals surface area (Å²) in [6.45, 7) is 0.776. The van der Waals surface area contributed by atoms with Crippen molar-refractivity contribution in [3.8, 4) is 5.75 Å². The van der Waals surface area contributed by atoms with Crippen LogP contribution in [0, 0.1) is 18.3 Å². The lowest BCUT2D eigenvalue weighted by molar-refractivity contribution is -0.167. The number of phenolic OH excluding ortho intramolecular Hbond substituents is 1. The number of likely N-dealkylation sites (N-methyl/N-ethyl adjacent to an activating group) is 1. The maximum atomic E-state index is 14.2. The number of hydrogen-bond donors (Lipinski definition) is 6. The Labute approximate surface area is 265 Å². The van der Waals surface area contributed by atoms with Gasteiger partial charge in [0.2, 0.25) is 5.78 Å². The minimum absolute atomic E-state index is 0.105. The van der Waals surface area contributed by atoms with Crippen LogP contribution in [0.5, 0.6) is 5.75 Å². The summed E-state index contributed by atoms with van der Waals surface area (Å²) >= 11 is 0. The van der Waals surface area contributed by atoms with E-state index >= 15 is 0 Å². The summed E-state index contributed by atoms with van der Waals surface area (Å²) in [6, 6.07) is 21.1. The number of benzene rings is 3. The van der Waals surface area contributed by atoms with E-state index in [4.69, 9.17) is 5.73 Å². The van der Waals surface area contributed by atoms with Crippen molar-refractivity contribution in [2.75, 3.05) is 19.0 Å². The zero-order chi connectivity index (χ0) is 33.1. The van der Waals surface area contributed by atoms with Crippen molar-refractivity contribution in [2.24, 2.45) is 17.6 Å². The number of rotatable bonds is 7. The lowest BCUT2D eigenvalue weighted by atomic mass is 9.56. The van der Waals surface area contributed by atoms with Crippen LogP contribution in [-0.2, 0) is 27.5 Å². The lowest BCUT2D eigenvalue weighted by Crippen LogP contribution is -2.70. The van der Waals surface area contributed by atoms with Crippen LogP contribution in [-0.4, -0.2) is 79.7 Å². The van der Waals surface area contributed by atoms with Gasteiger partial charge in [-0.05, 0) is 36.9 Å². The van der Waals surface area contributed by atoms with Gasteiger partial charge in [0.15, 0.2) is 11.4 Å². The Hall–Kier alpha value is -4.97. The molecule has 46 heavy (non-hydrogen) atoms. The van der Waals surface area contributed by atoms with Crippen molar-refractivity contribution in [2.45, 2.75) is 30.8 Å². The first kappa shape index (κ1) is 31.0. The molecule has 0 heterocycles. The molecule has 1 radical (unpaired) electrons. The Morgan fingerprint density at radius 3 is 1.98 bits per heavy atom. The molecule has 1 saturated carbocycles. The first-order valence-electron chi connectivity index (χ1n) is 14.7. The van der Waals surface area contributed by atoms with Gasteiger partial charge in [-0.1, -0.05) is 66.7 Å². The predicted molar refractivity (Wildman–Crippen MR) is 168 cm³/mol. The van der Waals surface area contributed by atoms with Crippen LogP contribution >= 0.6 is 0 Å². The fourth-order valence-corrected chi connectivity index (χ4v) is 7.09. The van der Waals surface area contributed by atoms with Crippen molar-refractivity contribution in [1.29, 1.82) is 0 Å². The van der Waals surface area contributed by atoms with E-state index in [0.29, 0.717) is 24.3 Å². The maximum Gasteiger partial charge on any atom is 0.255 e. The highest BCUT2D eigenvalue weighted by molar-refractivity contribution is 6.24. The van der Waals surface area contributed by atoms with Crippen molar-refractivity contribution in [3.05, 3.63) is 118 Å². The van der Waals surface area contributed by atoms with Crippen LogP contribution in [0.25, 0.3) is 5.76 Å². The fourth-order valence-electron chi connectivity index (χ4n) is 7.09. The number of phenols is 1. The van der Waals surface area contributed by atoms with E-state index in [9.17, 15) is 39.9 Å². The third-order valence-electron chi connectivity index (χ3n) is 9.21. The quantitative estimate of drug-likeness (QED) is 0.213. The van der Waals surface area contributed by atoms with Gasteiger partial charge in [-0.15, -0.1) is 0 Å². The van der Waals surface area contributed by atoms with E-state index in [1.807, 2.05) is 65.6 Å². The normalized spacial score (nSPS) is 25.7. The van der Waals surface area contributed by atoms with Crippen LogP contribution in [0.15, 0.2) is 89.7 Å². The average Bonchev–Trinajstić information content (AvgIpc) is 3.01. The Balaban J connectivity index is 1.50. The molecular formula is C35H34N3O8. The van der Waals surface area contributed by atoms with Crippen molar-refractivity contribution in [1.82, 2.24) is 4.90 Å². The van der Waals surface area contributed by atoms with Gasteiger partial charge in [-0.2, -0.15) is 0 Å². The van der Waals surface area contributed by atoms with Gasteiger partial charge in [0, 0.05) is 31.0 Å². The Morgan fingerprint density at radius 2 is 1.46 bits per heavy atom. The van der Waals surface area contributed by atoms with Gasteiger partial charge in [0.1, 0.15) is 22.8 Å². The molecule has 0 spiro atoms. The van der Waals surface area contributed by atoms with Crippen molar-refractivity contribution >= 4 is 28.9 Å². The summed E-state index contributed by atoms with van der Waals surface area (Å²) in [7, 11) is 2.92. The van der Waals surface area contributed by atoms with Crippen LogP contribution in [0.1, 0.15) is 22.3 Å². The number of aromatic hydroxyl groups is 1. The Bertz CT molecular complexity index is 1760. The maximum absolute atomic E-state index is 14.2. The third-order valence-corrected chi connectivity index (χ3v) is 9.21. The van der Waals surface area contributed by atoms with Crippen LogP contribution < -0.4 is 10.6 Å². The molecule has 7 N–H and O–H groups in total. The molecule has 0 aliphatic heterocycles. The van der Waals surface area contributed by atoms with Gasteiger partial charge in [-0.25, -0.2) is 0 Å². The first-order valence-corrected chi connectivity index (χ1v) is 14.7. The number of aliphatic hydroxyl groups excluding tert-OH is 3. The molecule has 3 aliphatic rings. The highest BCUT2D eigenvalue weighted by atomic mass is 16.4. The zero-order valence-corrected chi connectivity index (χ0v) is 25.2. The summed E-state index contributed by atoms with van der Waals surface area (Å²) in [6.07, 6.45) is -0.202. The molecule has 0 unspecified atom stereocenters. The zero-order valence-electron chi connectivity index (χ0n) is 25.2. The average molecular weight is 625 g/mol. The molecule has 0 bridgehead atoms. The van der Waals surface area contributed by atoms with E-state index in [0.717, 1.165) is 11.1 Å². The molecule has 237 valence electrons. The van der Waals surface area contributed by atoms with Crippen molar-refractivity contribution < 1.29 is 39.9 Å². The summed E-state index contributed by atoms with van der Waals surface area (Å²) < 4.78 is 0. The number of fused-ring (bicyclic) bond motifs is 3. The molecule has 6 rings (SSSR count). The molecule has 3 aromatic carbocycles. The molecule has 0 aromatic heterocycles. The number of carbonyl (C=O) groups excluding carboxylic acids is 3. The molecular weight excluding hydrogens is 590 g/mol. The molecule has 3 aromatic rings. The van der Waals surface area contributed by atoms with E-state index in [1.165, 1.54) is 25.4 Å². The Kier molecular flexibility index (Phi) is 7.71. The molecule has 5 atom stereocenters. The highest BCUT2D eigenvalue weighted by Crippen LogP contribution is 2.54. The fraction of sp³-hybridized carbons (Fsp3) is 0.257. The summed E-state index contributed by atoms with van der Waals surface area (Å²) in [5, 5.41) is 58.0. The van der Waals surface area contributed by atoms with E-state index in [1.54, 1.807) is 12.1 Å². The SMILES string of the molecule is CN(C)[C@H]1C(=O)C(C(N)=O)=C(O)[C@]2(O)C(=O)C3=C(O)c4c(ccc(N(Cc5ccccc5)Cc5ccccc5)c4O)[CH][C@@H]3[C@@H](O)[C@H]12. The monoisotopic (exact) mass is 624 g/mol. The molecule has 11 heteroatoms. The third kappa shape index (κ3) is 4.66. The van der Waals surface area contributed by atoms with Gasteiger partial charge in [0.05, 0.1) is 29.3 Å². The standard InChI is InChI=1S/C35H34N3O8/c1-37(2)27-26-28(39)21-15-20-13-14-22(38(16-18-9-5-3-6-10-18)17-19-11-7-4-8-12-19)29(40)23(20)30(41)24(21)32(43)35(26,46)33(44)25(31(27)42)34(36)45/h3-15,21,26-28,39-41,44,46H,16-17H2,1-2H3,(H2,36,45)/t21-,26-,27+,28+,35+/m0/s1. The lowest BCUT2D eigenvalue weighted by Gasteiger charge is -2.52. The second-order valence-electron chi connectivity index (χ2n) is 12.2. The van der Waals surface area contributed by atoms with Gasteiger partial charge in [0.25, 0.3) is 5.91 Å². The number of amides is 1. The number of ketones is 2. The number of hydrogen-bond acceptors (Lipinski definition) is 10. The van der Waals surface area contributed by atoms with Crippen LogP contribution in [0.4, 0.5) is 5.69 Å². The topological polar surface area (TPSA) is 185 Å². The highest BCUT2D eigenvalue weighted by Gasteiger charge is 2.67. The summed E-state index contributed by atoms with van der Waals surface area (Å²) in [5.74, 6) is -8.71. The Morgan fingerprint density at radius 1 is 0.891 bits per heavy atom. The first-order chi connectivity index (χ1) is 21.9. The molecule has 11 nitrogen and oxygen atoms in total. The number of carbonyl (C=O) groups is 3. The number of nitrogens with zero attached hydrogens (tertiary/aromatic N) is 2. The molecule has 1 amide bonds. The number of anilines is 1. The van der Waals surface area contributed by atoms with Crippen LogP contribution in [0.3, 0.4) is 0 Å². The number of nitrogens with two attached hydrogens (primary N) is 1. The van der Waals surface area contributed by atoms with E-state index in [2.05, 4.69) is 0 Å². The molecule has 1 fully saturated rings.